The van der Waals surface area contributed by atoms with Crippen LogP contribution >= 0.6 is 0 Å². The quantitative estimate of drug-likeness (QED) is 0.0641. The summed E-state index contributed by atoms with van der Waals surface area (Å²) in [6.45, 7) is 2.16. The maximum Gasteiger partial charge on any atom is 0.246 e. The van der Waals surface area contributed by atoms with E-state index in [1.54, 1.807) is 37.5 Å². The van der Waals surface area contributed by atoms with Gasteiger partial charge in [0.1, 0.15) is 37.5 Å². The van der Waals surface area contributed by atoms with E-state index in [0.29, 0.717) is 66.9 Å². The van der Waals surface area contributed by atoms with Gasteiger partial charge in [0, 0.05) is 61.1 Å². The zero-order chi connectivity index (χ0) is 38.2. The molecule has 2 fully saturated rings. The number of nitrogens with one attached hydrogen (secondary N) is 2. The molecule has 2 aliphatic rings. The van der Waals surface area contributed by atoms with Crippen LogP contribution in [-0.4, -0.2) is 136 Å². The lowest BCUT2D eigenvalue weighted by atomic mass is 9.85. The molecule has 2 amide bonds. The van der Waals surface area contributed by atoms with Gasteiger partial charge in [-0.3, -0.25) is 9.59 Å². The van der Waals surface area contributed by atoms with Crippen molar-refractivity contribution >= 4 is 23.2 Å². The molecule has 20 nitrogen and oxygen atoms in total. The fraction of sp³-hybridized carbons (Fsp3) is 0.636. The van der Waals surface area contributed by atoms with Crippen LogP contribution in [0, 0.1) is 6.92 Å². The summed E-state index contributed by atoms with van der Waals surface area (Å²) in [5, 5.41) is 62.5. The van der Waals surface area contributed by atoms with E-state index in [-0.39, 0.29) is 38.1 Å². The predicted molar refractivity (Wildman–Crippen MR) is 190 cm³/mol. The lowest BCUT2D eigenvalue weighted by Crippen LogP contribution is -2.62. The highest BCUT2D eigenvalue weighted by Gasteiger charge is 2.42. The van der Waals surface area contributed by atoms with Crippen molar-refractivity contribution in [1.29, 1.82) is 0 Å². The molecular weight excluding hydrogens is 692 g/mol. The number of carbonyl (C=O) groups excluding carboxylic acids is 2. The number of nitrogens with two attached hydrogens (primary N) is 4. The second-order valence-corrected chi connectivity index (χ2v) is 13.9. The first-order chi connectivity index (χ1) is 25.3. The molecule has 0 bridgehead atoms. The molecule has 0 aliphatic heterocycles. The van der Waals surface area contributed by atoms with Crippen molar-refractivity contribution in [2.24, 2.45) is 22.9 Å². The monoisotopic (exact) mass is 744 g/mol. The number of anilines is 2. The number of aromatic nitrogens is 6. The molecule has 53 heavy (non-hydrogen) atoms. The van der Waals surface area contributed by atoms with Crippen LogP contribution in [0.25, 0.3) is 0 Å². The smallest absolute Gasteiger partial charge is 0.246 e. The molecule has 2 heterocycles. The third-order valence-electron chi connectivity index (χ3n) is 9.62. The average molecular weight is 745 g/mol. The average Bonchev–Trinajstić information content (AvgIpc) is 3.76. The number of benzene rings is 1. The topological polar surface area (TPSA) is 323 Å². The number of carbonyl (C=O) groups is 2. The summed E-state index contributed by atoms with van der Waals surface area (Å²) in [4.78, 5) is 25.7. The van der Waals surface area contributed by atoms with E-state index in [9.17, 15) is 30.0 Å². The molecule has 20 heteroatoms. The summed E-state index contributed by atoms with van der Waals surface area (Å²) < 4.78 is 14.3. The minimum Gasteiger partial charge on any atom is -0.389 e. The van der Waals surface area contributed by atoms with Crippen molar-refractivity contribution in [3.8, 4) is 0 Å². The van der Waals surface area contributed by atoms with Gasteiger partial charge in [-0.1, -0.05) is 16.5 Å². The van der Waals surface area contributed by atoms with E-state index >= 15 is 0 Å². The first-order valence-electron chi connectivity index (χ1n) is 17.8. The SMILES string of the molecule is Cc1c(NC(=O)Cn2cc(CCCO[C@H]3[C@H](O)[C@@H](O)[C@H](N)C[C@@H]3N)nn2)cccc1NC(=O)Cn1cc(CCCO[C@H]2[C@H](O)[C@@H](O)[C@H](N)C[C@@H]2N)nn1. The van der Waals surface area contributed by atoms with Gasteiger partial charge in [0.2, 0.25) is 11.8 Å². The Hall–Kier alpha value is -3.96. The molecule has 0 unspecified atom stereocenters. The largest absolute Gasteiger partial charge is 0.389 e. The molecule has 2 aliphatic carbocycles. The number of hydrogen-bond donors (Lipinski definition) is 10. The van der Waals surface area contributed by atoms with Crippen LogP contribution in [0.1, 0.15) is 42.6 Å². The van der Waals surface area contributed by atoms with Gasteiger partial charge in [0.25, 0.3) is 0 Å². The highest BCUT2D eigenvalue weighted by atomic mass is 16.5. The summed E-state index contributed by atoms with van der Waals surface area (Å²) in [6.07, 6.45) is 0.225. The lowest BCUT2D eigenvalue weighted by molar-refractivity contribution is -0.127. The summed E-state index contributed by atoms with van der Waals surface area (Å²) >= 11 is 0. The van der Waals surface area contributed by atoms with E-state index < -0.39 is 60.8 Å². The maximum atomic E-state index is 12.9. The Kier molecular flexibility index (Phi) is 14.0. The van der Waals surface area contributed by atoms with E-state index in [1.165, 1.54) is 9.36 Å². The van der Waals surface area contributed by atoms with Crippen molar-refractivity contribution < 1.29 is 39.5 Å². The van der Waals surface area contributed by atoms with Gasteiger partial charge in [-0.15, -0.1) is 10.2 Å². The molecule has 10 atom stereocenters. The van der Waals surface area contributed by atoms with Crippen LogP contribution in [-0.2, 0) is 45.0 Å². The van der Waals surface area contributed by atoms with Crippen LogP contribution in [0.2, 0.25) is 0 Å². The van der Waals surface area contributed by atoms with Gasteiger partial charge in [0.15, 0.2) is 0 Å². The molecule has 292 valence electrons. The molecule has 1 aromatic carbocycles. The number of nitrogens with zero attached hydrogens (tertiary/aromatic N) is 6. The fourth-order valence-electron chi connectivity index (χ4n) is 6.61. The number of hydrogen-bond acceptors (Lipinski definition) is 16. The molecule has 2 saturated carbocycles. The molecule has 0 radical (unpaired) electrons. The number of aliphatic hydroxyl groups is 4. The Morgan fingerprint density at radius 1 is 0.717 bits per heavy atom. The minimum absolute atomic E-state index is 0.0878. The predicted octanol–water partition coefficient (Wildman–Crippen LogP) is -3.35. The van der Waals surface area contributed by atoms with E-state index in [0.717, 1.165) is 0 Å². The first kappa shape index (κ1) is 40.2. The number of aliphatic hydroxyl groups excluding tert-OH is 4. The summed E-state index contributed by atoms with van der Waals surface area (Å²) in [5.41, 5.74) is 26.7. The normalized spacial score (nSPS) is 28.8. The molecule has 14 N–H and O–H groups in total. The van der Waals surface area contributed by atoms with Gasteiger partial charge < -0.3 is 63.5 Å². The zero-order valence-corrected chi connectivity index (χ0v) is 29.6. The number of amides is 2. The van der Waals surface area contributed by atoms with Crippen LogP contribution in [0.3, 0.4) is 0 Å². The van der Waals surface area contributed by atoms with Crippen molar-refractivity contribution in [2.75, 3.05) is 23.8 Å². The Labute approximate surface area is 306 Å². The molecule has 2 aromatic heterocycles. The number of aryl methyl sites for hydroxylation is 2. The maximum absolute atomic E-state index is 12.9. The Balaban J connectivity index is 1.02. The van der Waals surface area contributed by atoms with Gasteiger partial charge in [-0.2, -0.15) is 0 Å². The highest BCUT2D eigenvalue weighted by Crippen LogP contribution is 2.24. The van der Waals surface area contributed by atoms with Crippen LogP contribution in [0.5, 0.6) is 0 Å². The highest BCUT2D eigenvalue weighted by molar-refractivity contribution is 5.95. The Morgan fingerprint density at radius 2 is 1.13 bits per heavy atom. The zero-order valence-electron chi connectivity index (χ0n) is 29.6. The van der Waals surface area contributed by atoms with Crippen molar-refractivity contribution in [3.05, 3.63) is 47.5 Å². The van der Waals surface area contributed by atoms with Gasteiger partial charge in [-0.05, 0) is 63.1 Å². The third-order valence-corrected chi connectivity index (χ3v) is 9.62. The second-order valence-electron chi connectivity index (χ2n) is 13.9. The Morgan fingerprint density at radius 3 is 1.55 bits per heavy atom. The Bertz CT molecular complexity index is 1540. The fourth-order valence-corrected chi connectivity index (χ4v) is 6.61. The third kappa shape index (κ3) is 10.6. The summed E-state index contributed by atoms with van der Waals surface area (Å²) in [7, 11) is 0. The van der Waals surface area contributed by atoms with Crippen LogP contribution in [0.4, 0.5) is 11.4 Å². The van der Waals surface area contributed by atoms with E-state index in [1.807, 2.05) is 0 Å². The number of rotatable bonds is 16. The van der Waals surface area contributed by atoms with Crippen molar-refractivity contribution in [2.45, 2.75) is 119 Å². The van der Waals surface area contributed by atoms with Crippen LogP contribution < -0.4 is 33.6 Å². The van der Waals surface area contributed by atoms with E-state index in [2.05, 4.69) is 31.3 Å². The summed E-state index contributed by atoms with van der Waals surface area (Å²) in [6, 6.07) is 3.01. The second kappa shape index (κ2) is 18.4. The van der Waals surface area contributed by atoms with Crippen molar-refractivity contribution in [1.82, 2.24) is 30.0 Å². The van der Waals surface area contributed by atoms with Gasteiger partial charge >= 0.3 is 0 Å². The summed E-state index contributed by atoms with van der Waals surface area (Å²) in [5.74, 6) is -0.679. The molecular formula is C33H52N12O8. The van der Waals surface area contributed by atoms with Gasteiger partial charge in [0.05, 0.1) is 23.6 Å². The van der Waals surface area contributed by atoms with Crippen LogP contribution in [0.15, 0.2) is 30.6 Å². The molecule has 3 aromatic rings. The minimum atomic E-state index is -1.16. The number of ether oxygens (including phenoxy) is 2. The standard InChI is InChI=1S/C33H52N12O8/c1-17-24(38-26(46)15-44-13-18(40-42-44)5-3-9-52-32-22(36)11-20(34)28(48)30(32)50)7-2-8-25(17)39-27(47)16-45-14-19(41-43-45)6-4-10-53-33-23(37)12-21(35)29(49)31(33)51/h2,7-8,13-14,20-23,28-33,48-51H,3-6,9-12,15-16,34-37H2,1H3,(H,38,46)(H,39,47)/t20-,21-,22+,23+,28+,29+,30-,31-,32-,33-/m1/s1. The lowest BCUT2D eigenvalue weighted by Gasteiger charge is -2.39. The van der Waals surface area contributed by atoms with E-state index in [4.69, 9.17) is 32.4 Å². The molecule has 0 spiro atoms. The van der Waals surface area contributed by atoms with Gasteiger partial charge in [-0.25, -0.2) is 9.36 Å². The molecule has 0 saturated heterocycles. The van der Waals surface area contributed by atoms with Crippen molar-refractivity contribution in [3.63, 3.8) is 0 Å². The molecule has 5 rings (SSSR count). The first-order valence-corrected chi connectivity index (χ1v) is 17.8.